The van der Waals surface area contributed by atoms with Gasteiger partial charge in [-0.05, 0) is 51.0 Å². The Hall–Kier alpha value is -2.81. The second-order valence-corrected chi connectivity index (χ2v) is 8.29. The molecule has 1 fully saturated rings. The highest BCUT2D eigenvalue weighted by Crippen LogP contribution is 2.27. The lowest BCUT2D eigenvalue weighted by Crippen LogP contribution is -2.25. The molecular weight excluding hydrogens is 392 g/mol. The number of carbonyl (C=O) groups excluding carboxylic acids is 3. The third-order valence-electron chi connectivity index (χ3n) is 4.56. The van der Waals surface area contributed by atoms with Crippen LogP contribution in [-0.2, 0) is 14.4 Å². The van der Waals surface area contributed by atoms with Crippen LogP contribution in [0.2, 0.25) is 0 Å². The lowest BCUT2D eigenvalue weighted by molar-refractivity contribution is -0.117. The number of benzene rings is 1. The predicted octanol–water partition coefficient (Wildman–Crippen LogP) is 3.12. The van der Waals surface area contributed by atoms with Gasteiger partial charge < -0.3 is 20.1 Å². The summed E-state index contributed by atoms with van der Waals surface area (Å²) >= 11 is 1.23. The Morgan fingerprint density at radius 3 is 2.69 bits per heavy atom. The van der Waals surface area contributed by atoms with Crippen molar-refractivity contribution in [2.24, 2.45) is 0 Å². The molecule has 154 valence electrons. The van der Waals surface area contributed by atoms with Crippen LogP contribution in [0, 0.1) is 13.8 Å². The molecule has 1 unspecified atom stereocenters. The predicted molar refractivity (Wildman–Crippen MR) is 113 cm³/mol. The second-order valence-electron chi connectivity index (χ2n) is 6.96. The van der Waals surface area contributed by atoms with E-state index in [2.05, 4.69) is 15.8 Å². The maximum absolute atomic E-state index is 12.3. The van der Waals surface area contributed by atoms with Crippen LogP contribution in [0.4, 0.5) is 17.2 Å². The van der Waals surface area contributed by atoms with Gasteiger partial charge in [-0.2, -0.15) is 0 Å². The minimum absolute atomic E-state index is 0.134. The number of aryl methyl sites for hydroxylation is 2. The average Bonchev–Trinajstić information content (AvgIpc) is 3.28. The fourth-order valence-corrected chi connectivity index (χ4v) is 3.75. The molecule has 1 aromatic heterocycles. The number of anilines is 3. The molecule has 29 heavy (non-hydrogen) atoms. The van der Waals surface area contributed by atoms with E-state index in [4.69, 9.17) is 4.52 Å². The molecule has 2 N–H and O–H groups in total. The molecule has 2 heterocycles. The van der Waals surface area contributed by atoms with Gasteiger partial charge in [-0.3, -0.25) is 14.4 Å². The molecule has 0 radical (unpaired) electrons. The summed E-state index contributed by atoms with van der Waals surface area (Å²) in [5.74, 6) is 0.793. The molecule has 9 heteroatoms. The lowest BCUT2D eigenvalue weighted by atomic mass is 10.1. The van der Waals surface area contributed by atoms with Gasteiger partial charge in [-0.15, -0.1) is 11.8 Å². The number of rotatable bonds is 7. The van der Waals surface area contributed by atoms with Crippen molar-refractivity contribution in [1.29, 1.82) is 0 Å². The smallest absolute Gasteiger partial charge is 0.238 e. The molecule has 1 saturated heterocycles. The average molecular weight is 417 g/mol. The molecule has 0 saturated carbocycles. The maximum atomic E-state index is 12.3. The molecule has 1 aliphatic rings. The molecule has 8 nitrogen and oxygen atoms in total. The highest BCUT2D eigenvalue weighted by atomic mass is 32.2. The van der Waals surface area contributed by atoms with E-state index in [1.165, 1.54) is 11.8 Å². The Labute approximate surface area is 173 Å². The first-order valence-corrected chi connectivity index (χ1v) is 10.4. The van der Waals surface area contributed by atoms with Crippen molar-refractivity contribution in [3.8, 4) is 0 Å². The van der Waals surface area contributed by atoms with Crippen molar-refractivity contribution >= 4 is 46.7 Å². The van der Waals surface area contributed by atoms with E-state index >= 15 is 0 Å². The molecule has 1 aromatic carbocycles. The van der Waals surface area contributed by atoms with Gasteiger partial charge in [-0.25, -0.2) is 0 Å². The Balaban J connectivity index is 1.49. The Kier molecular flexibility index (Phi) is 6.58. The normalized spacial score (nSPS) is 14.7. The van der Waals surface area contributed by atoms with Crippen LogP contribution < -0.4 is 15.5 Å². The van der Waals surface area contributed by atoms with Crippen molar-refractivity contribution < 1.29 is 18.9 Å². The third-order valence-corrected chi connectivity index (χ3v) is 5.70. The minimum atomic E-state index is -0.428. The summed E-state index contributed by atoms with van der Waals surface area (Å²) in [7, 11) is 0. The van der Waals surface area contributed by atoms with Gasteiger partial charge >= 0.3 is 0 Å². The number of thioether (sulfide) groups is 1. The first kappa shape index (κ1) is 20.9. The molecule has 2 aromatic rings. The summed E-state index contributed by atoms with van der Waals surface area (Å²) < 4.78 is 4.91. The Bertz CT molecular complexity index is 927. The number of nitrogens with zero attached hydrogens (tertiary/aromatic N) is 2. The van der Waals surface area contributed by atoms with Gasteiger partial charge in [0.15, 0.2) is 5.82 Å². The van der Waals surface area contributed by atoms with E-state index in [1.807, 2.05) is 19.1 Å². The van der Waals surface area contributed by atoms with Crippen molar-refractivity contribution in [1.82, 2.24) is 5.16 Å². The molecule has 3 amide bonds. The molecule has 3 rings (SSSR count). The molecule has 1 atom stereocenters. The van der Waals surface area contributed by atoms with Crippen molar-refractivity contribution in [3.63, 3.8) is 0 Å². The zero-order valence-corrected chi connectivity index (χ0v) is 17.5. The monoisotopic (exact) mass is 416 g/mol. The topological polar surface area (TPSA) is 105 Å². The van der Waals surface area contributed by atoms with Gasteiger partial charge in [0.25, 0.3) is 0 Å². The molecule has 0 aliphatic carbocycles. The van der Waals surface area contributed by atoms with Crippen LogP contribution in [-0.4, -0.2) is 40.4 Å². The van der Waals surface area contributed by atoms with Crippen LogP contribution in [0.5, 0.6) is 0 Å². The van der Waals surface area contributed by atoms with E-state index in [1.54, 1.807) is 30.9 Å². The van der Waals surface area contributed by atoms with E-state index in [0.717, 1.165) is 24.2 Å². The second kappa shape index (κ2) is 9.13. The van der Waals surface area contributed by atoms with Gasteiger partial charge in [0.05, 0.1) is 11.0 Å². The summed E-state index contributed by atoms with van der Waals surface area (Å²) in [6.45, 7) is 6.12. The zero-order chi connectivity index (χ0) is 21.0. The van der Waals surface area contributed by atoms with E-state index in [-0.39, 0.29) is 23.5 Å². The van der Waals surface area contributed by atoms with Crippen LogP contribution in [0.15, 0.2) is 28.8 Å². The first-order chi connectivity index (χ1) is 13.8. The van der Waals surface area contributed by atoms with Gasteiger partial charge in [0.2, 0.25) is 17.7 Å². The minimum Gasteiger partial charge on any atom is -0.360 e. The number of amides is 3. The number of hydrogen-bond donors (Lipinski definition) is 2. The summed E-state index contributed by atoms with van der Waals surface area (Å²) in [5, 5.41) is 8.78. The van der Waals surface area contributed by atoms with E-state index in [9.17, 15) is 14.4 Å². The number of carbonyl (C=O) groups is 3. The summed E-state index contributed by atoms with van der Waals surface area (Å²) in [4.78, 5) is 38.1. The first-order valence-electron chi connectivity index (χ1n) is 9.40. The highest BCUT2D eigenvalue weighted by molar-refractivity contribution is 8.01. The highest BCUT2D eigenvalue weighted by Gasteiger charge is 2.23. The molecule has 1 aliphatic heterocycles. The lowest BCUT2D eigenvalue weighted by Gasteiger charge is -2.19. The Morgan fingerprint density at radius 2 is 2.07 bits per heavy atom. The van der Waals surface area contributed by atoms with Gasteiger partial charge in [-0.1, -0.05) is 5.16 Å². The Morgan fingerprint density at radius 1 is 1.28 bits per heavy atom. The van der Waals surface area contributed by atoms with Crippen molar-refractivity contribution in [2.75, 3.05) is 27.8 Å². The van der Waals surface area contributed by atoms with Crippen LogP contribution in [0.25, 0.3) is 0 Å². The van der Waals surface area contributed by atoms with Crippen molar-refractivity contribution in [3.05, 3.63) is 35.6 Å². The zero-order valence-electron chi connectivity index (χ0n) is 16.7. The van der Waals surface area contributed by atoms with Gasteiger partial charge in [0, 0.05) is 30.4 Å². The molecule has 0 bridgehead atoms. The molecule has 0 spiro atoms. The van der Waals surface area contributed by atoms with Gasteiger partial charge in [0.1, 0.15) is 5.76 Å². The fourth-order valence-electron chi connectivity index (χ4n) is 3.07. The summed E-state index contributed by atoms with van der Waals surface area (Å²) in [6, 6.07) is 7.13. The third kappa shape index (κ3) is 5.38. The van der Waals surface area contributed by atoms with E-state index < -0.39 is 5.25 Å². The fraction of sp³-hybridized carbons (Fsp3) is 0.400. The summed E-state index contributed by atoms with van der Waals surface area (Å²) in [5.41, 5.74) is 2.48. The standard InChI is InChI=1S/C20H24N4O4S/c1-12-9-15(6-7-16(12)24-8-4-5-19(24)26)21-18(25)11-29-14(3)20(27)22-17-10-13(2)28-23-17/h6-7,9-10,14H,4-5,8,11H2,1-3H3,(H,21,25)(H,22,23,27). The van der Waals surface area contributed by atoms with Crippen LogP contribution in [0.1, 0.15) is 31.1 Å². The SMILES string of the molecule is Cc1cc(NC(=O)C(C)SCC(=O)Nc2ccc(N3CCCC3=O)c(C)c2)no1. The largest absolute Gasteiger partial charge is 0.360 e. The maximum Gasteiger partial charge on any atom is 0.238 e. The number of aromatic nitrogens is 1. The van der Waals surface area contributed by atoms with E-state index in [0.29, 0.717) is 23.7 Å². The number of hydrogen-bond acceptors (Lipinski definition) is 6. The molecular formula is C20H24N4O4S. The number of nitrogens with one attached hydrogen (secondary N) is 2. The van der Waals surface area contributed by atoms with Crippen molar-refractivity contribution in [2.45, 2.75) is 38.9 Å². The quantitative estimate of drug-likeness (QED) is 0.719. The summed E-state index contributed by atoms with van der Waals surface area (Å²) in [6.07, 6.45) is 1.45. The van der Waals surface area contributed by atoms with Crippen LogP contribution in [0.3, 0.4) is 0 Å². The van der Waals surface area contributed by atoms with Crippen LogP contribution >= 0.6 is 11.8 Å².